The van der Waals surface area contributed by atoms with Crippen molar-refractivity contribution in [1.29, 1.82) is 0 Å². The van der Waals surface area contributed by atoms with Gasteiger partial charge in [-0.1, -0.05) is 48.6 Å². The van der Waals surface area contributed by atoms with Gasteiger partial charge in [-0.05, 0) is 50.6 Å². The van der Waals surface area contributed by atoms with Gasteiger partial charge in [-0.25, -0.2) is 0 Å². The van der Waals surface area contributed by atoms with Gasteiger partial charge in [0.25, 0.3) is 0 Å². The van der Waals surface area contributed by atoms with Crippen LogP contribution < -0.4 is 14.7 Å². The van der Waals surface area contributed by atoms with Gasteiger partial charge in [0.1, 0.15) is 17.3 Å². The maximum Gasteiger partial charge on any atom is 0.236 e. The third-order valence-electron chi connectivity index (χ3n) is 6.21. The predicted octanol–water partition coefficient (Wildman–Crippen LogP) is 5.65. The van der Waals surface area contributed by atoms with Crippen LogP contribution in [-0.4, -0.2) is 58.0 Å². The summed E-state index contributed by atoms with van der Waals surface area (Å²) in [4.78, 5) is 19.7. The normalized spacial score (nSPS) is 12.7. The van der Waals surface area contributed by atoms with Crippen molar-refractivity contribution in [2.75, 3.05) is 42.4 Å². The van der Waals surface area contributed by atoms with E-state index in [9.17, 15) is 15.3 Å². The number of phenolic OH excluding ortho intramolecular Hbond substituents is 2. The van der Waals surface area contributed by atoms with Gasteiger partial charge >= 0.3 is 0 Å². The van der Waals surface area contributed by atoms with E-state index < -0.39 is 0 Å². The molecule has 9 heteroatoms. The molecule has 38 heavy (non-hydrogen) atoms. The molecule has 0 aliphatic carbocycles. The maximum absolute atomic E-state index is 10.4. The van der Waals surface area contributed by atoms with E-state index in [-0.39, 0.29) is 23.3 Å². The fourth-order valence-electron chi connectivity index (χ4n) is 3.69. The Morgan fingerprint density at radius 1 is 0.868 bits per heavy atom. The van der Waals surface area contributed by atoms with Crippen LogP contribution in [0, 0.1) is 0 Å². The number of rotatable bonds is 11. The van der Waals surface area contributed by atoms with Crippen LogP contribution in [0.25, 0.3) is 0 Å². The molecule has 3 rings (SSSR count). The number of para-hydroxylation sites is 3. The molecule has 200 valence electrons. The molecule has 0 spiro atoms. The summed E-state index contributed by atoms with van der Waals surface area (Å²) in [6.07, 6.45) is 9.64. The Balaban J connectivity index is 1.92. The fraction of sp³-hybridized carbons (Fsp3) is 0.276. The number of aliphatic hydroxyl groups excluding tert-OH is 1. The number of allylic oxidation sites excluding steroid dienone is 4. The van der Waals surface area contributed by atoms with Gasteiger partial charge in [0.15, 0.2) is 0 Å². The Morgan fingerprint density at radius 2 is 1.50 bits per heavy atom. The van der Waals surface area contributed by atoms with Crippen molar-refractivity contribution >= 4 is 23.5 Å². The molecule has 0 saturated heterocycles. The molecule has 0 saturated carbocycles. The Kier molecular flexibility index (Phi) is 9.70. The lowest BCUT2D eigenvalue weighted by molar-refractivity contribution is 0.431. The smallest absolute Gasteiger partial charge is 0.236 e. The highest BCUT2D eigenvalue weighted by Crippen LogP contribution is 2.33. The van der Waals surface area contributed by atoms with E-state index in [0.29, 0.717) is 30.1 Å². The van der Waals surface area contributed by atoms with Crippen molar-refractivity contribution in [3.8, 4) is 11.5 Å². The number of aromatic hydroxyl groups is 2. The number of nitrogens with zero attached hydrogens (tertiary/aromatic N) is 6. The molecule has 1 aromatic heterocycles. The molecular formula is C29H36N6O3. The van der Waals surface area contributed by atoms with Crippen LogP contribution in [0.2, 0.25) is 0 Å². The molecule has 0 radical (unpaired) electrons. The van der Waals surface area contributed by atoms with Crippen LogP contribution in [0.5, 0.6) is 11.5 Å². The molecule has 0 aliphatic heterocycles. The summed E-state index contributed by atoms with van der Waals surface area (Å²) >= 11 is 0. The lowest BCUT2D eigenvalue weighted by Crippen LogP contribution is -2.28. The van der Waals surface area contributed by atoms with Gasteiger partial charge in [-0.2, -0.15) is 15.0 Å². The van der Waals surface area contributed by atoms with Crippen molar-refractivity contribution in [2.45, 2.75) is 26.3 Å². The average Bonchev–Trinajstić information content (AvgIpc) is 2.93. The van der Waals surface area contributed by atoms with Gasteiger partial charge in [0.05, 0.1) is 11.7 Å². The molecule has 1 heterocycles. The van der Waals surface area contributed by atoms with Crippen LogP contribution in [0.1, 0.15) is 31.9 Å². The number of anilines is 4. The zero-order valence-corrected chi connectivity index (χ0v) is 22.5. The minimum absolute atomic E-state index is 0.116. The molecular weight excluding hydrogens is 480 g/mol. The summed E-state index contributed by atoms with van der Waals surface area (Å²) in [7, 11) is 5.57. The Hall–Kier alpha value is -4.53. The first-order valence-corrected chi connectivity index (χ1v) is 12.4. The molecule has 0 bridgehead atoms. The van der Waals surface area contributed by atoms with Crippen LogP contribution in [-0.2, 0) is 0 Å². The van der Waals surface area contributed by atoms with Crippen molar-refractivity contribution in [1.82, 2.24) is 15.0 Å². The molecule has 0 amide bonds. The highest BCUT2D eigenvalue weighted by molar-refractivity contribution is 5.65. The first kappa shape index (κ1) is 28.0. The van der Waals surface area contributed by atoms with Crippen molar-refractivity contribution in [3.63, 3.8) is 0 Å². The minimum atomic E-state index is -0.219. The third-order valence-corrected chi connectivity index (χ3v) is 6.21. The zero-order chi connectivity index (χ0) is 27.7. The van der Waals surface area contributed by atoms with E-state index in [1.165, 1.54) is 0 Å². The zero-order valence-electron chi connectivity index (χ0n) is 22.5. The quantitative estimate of drug-likeness (QED) is 0.220. The van der Waals surface area contributed by atoms with Gasteiger partial charge in [-0.15, -0.1) is 0 Å². The topological polar surface area (TPSA) is 109 Å². The number of aliphatic hydroxyl groups is 1. The highest BCUT2D eigenvalue weighted by Gasteiger charge is 2.22. The predicted molar refractivity (Wildman–Crippen MR) is 153 cm³/mol. The second kappa shape index (κ2) is 13.1. The van der Waals surface area contributed by atoms with E-state index in [4.69, 9.17) is 15.0 Å². The Bertz CT molecular complexity index is 1310. The molecule has 3 aromatic rings. The van der Waals surface area contributed by atoms with E-state index in [2.05, 4.69) is 0 Å². The first-order valence-electron chi connectivity index (χ1n) is 12.4. The summed E-state index contributed by atoms with van der Waals surface area (Å²) in [6, 6.07) is 14.0. The fourth-order valence-corrected chi connectivity index (χ4v) is 3.69. The van der Waals surface area contributed by atoms with E-state index in [1.807, 2.05) is 61.2 Å². The minimum Gasteiger partial charge on any atom is -0.508 e. The summed E-state index contributed by atoms with van der Waals surface area (Å²) < 4.78 is 0. The number of hydrogen-bond acceptors (Lipinski definition) is 9. The van der Waals surface area contributed by atoms with Crippen LogP contribution in [0.4, 0.5) is 23.5 Å². The molecule has 0 fully saturated rings. The van der Waals surface area contributed by atoms with Crippen LogP contribution in [0.3, 0.4) is 0 Å². The van der Waals surface area contributed by atoms with E-state index in [1.54, 1.807) is 67.4 Å². The van der Waals surface area contributed by atoms with E-state index in [0.717, 1.165) is 12.0 Å². The molecule has 0 aliphatic rings. The lowest BCUT2D eigenvalue weighted by Gasteiger charge is -2.28. The summed E-state index contributed by atoms with van der Waals surface area (Å²) in [6.45, 7) is 4.38. The molecule has 9 nitrogen and oxygen atoms in total. The molecule has 2 aromatic carbocycles. The van der Waals surface area contributed by atoms with E-state index >= 15 is 0 Å². The van der Waals surface area contributed by atoms with Gasteiger partial charge < -0.3 is 30.0 Å². The number of benzene rings is 2. The largest absolute Gasteiger partial charge is 0.508 e. The lowest BCUT2D eigenvalue weighted by atomic mass is 10.1. The van der Waals surface area contributed by atoms with Gasteiger partial charge in [-0.3, -0.25) is 0 Å². The number of hydrogen-bond donors (Lipinski definition) is 3. The van der Waals surface area contributed by atoms with Crippen molar-refractivity contribution in [3.05, 3.63) is 90.2 Å². The standard InChI is InChI=1S/C29H36N6O3/c1-6-22(36)15-9-7-8-14-20-33(3)27-30-28(34(4)21(2)23-16-10-12-18-25(23)37)32-29(31-27)35(5)24-17-11-13-19-26(24)38/h6-13,15-19,21,36-38H,14,20H2,1-5H3/b8-7-,15-9-,22-6+. The second-order valence-corrected chi connectivity index (χ2v) is 8.84. The van der Waals surface area contributed by atoms with Crippen LogP contribution >= 0.6 is 0 Å². The number of aromatic nitrogens is 3. The molecule has 1 atom stereocenters. The summed E-state index contributed by atoms with van der Waals surface area (Å²) in [5.74, 6) is 1.80. The third kappa shape index (κ3) is 7.03. The monoisotopic (exact) mass is 516 g/mol. The van der Waals surface area contributed by atoms with Gasteiger partial charge in [0, 0.05) is 33.3 Å². The number of phenols is 2. The Morgan fingerprint density at radius 3 is 2.18 bits per heavy atom. The Labute approximate surface area is 224 Å². The highest BCUT2D eigenvalue weighted by atomic mass is 16.3. The van der Waals surface area contributed by atoms with Gasteiger partial charge in [0.2, 0.25) is 17.8 Å². The summed E-state index contributed by atoms with van der Waals surface area (Å²) in [5, 5.41) is 30.3. The molecule has 3 N–H and O–H groups in total. The summed E-state index contributed by atoms with van der Waals surface area (Å²) in [5.41, 5.74) is 1.32. The average molecular weight is 517 g/mol. The first-order chi connectivity index (χ1) is 18.2. The molecule has 1 unspecified atom stereocenters. The van der Waals surface area contributed by atoms with Crippen molar-refractivity contribution < 1.29 is 15.3 Å². The van der Waals surface area contributed by atoms with Crippen molar-refractivity contribution in [2.24, 2.45) is 0 Å². The maximum atomic E-state index is 10.4. The SMILES string of the molecule is C\C=C(O)/C=C\C=C/CCN(C)c1nc(N(C)c2ccccc2O)nc(N(C)C(C)c2ccccc2O)n1. The van der Waals surface area contributed by atoms with Crippen LogP contribution in [0.15, 0.2) is 84.7 Å². The second-order valence-electron chi connectivity index (χ2n) is 8.84.